The van der Waals surface area contributed by atoms with Crippen LogP contribution in [-0.2, 0) is 23.2 Å². The monoisotopic (exact) mass is 433 g/mol. The molecular weight excluding hydrogens is 404 g/mol. The number of phenols is 1. The highest BCUT2D eigenvalue weighted by molar-refractivity contribution is 7.77. The summed E-state index contributed by atoms with van der Waals surface area (Å²) >= 11 is -2.30. The molecule has 0 heterocycles. The Morgan fingerprint density at radius 3 is 2.47 bits per heavy atom. The minimum Gasteiger partial charge on any atom is -0.760 e. The van der Waals surface area contributed by atoms with Crippen molar-refractivity contribution in [2.75, 3.05) is 20.8 Å². The molecule has 3 N–H and O–H groups in total. The average Bonchev–Trinajstić information content (AvgIpc) is 2.77. The maximum atomic E-state index is 11.2. The van der Waals surface area contributed by atoms with Crippen LogP contribution in [0.1, 0.15) is 36.8 Å². The zero-order valence-corrected chi connectivity index (χ0v) is 18.2. The van der Waals surface area contributed by atoms with Crippen molar-refractivity contribution in [3.05, 3.63) is 53.6 Å². The molecule has 1 aliphatic rings. The molecule has 1 saturated carbocycles. The summed E-state index contributed by atoms with van der Waals surface area (Å²) in [6.45, 7) is 0.928. The van der Waals surface area contributed by atoms with Gasteiger partial charge >= 0.3 is 0 Å². The first-order valence-corrected chi connectivity index (χ1v) is 11.1. The van der Waals surface area contributed by atoms with Gasteiger partial charge in [0, 0.05) is 47.4 Å². The van der Waals surface area contributed by atoms with Gasteiger partial charge in [-0.15, -0.1) is 0 Å². The van der Waals surface area contributed by atoms with E-state index in [4.69, 9.17) is 9.47 Å². The number of hydrogen-bond acceptors (Lipinski definition) is 6. The fourth-order valence-electron chi connectivity index (χ4n) is 4.17. The van der Waals surface area contributed by atoms with Crippen LogP contribution >= 0.6 is 0 Å². The van der Waals surface area contributed by atoms with Crippen molar-refractivity contribution in [1.29, 1.82) is 0 Å². The van der Waals surface area contributed by atoms with Crippen molar-refractivity contribution in [3.8, 4) is 17.2 Å². The largest absolute Gasteiger partial charge is 0.760 e. The Morgan fingerprint density at radius 2 is 1.83 bits per heavy atom. The third kappa shape index (κ3) is 5.51. The van der Waals surface area contributed by atoms with E-state index in [1.165, 1.54) is 0 Å². The van der Waals surface area contributed by atoms with E-state index in [1.54, 1.807) is 20.3 Å². The average molecular weight is 434 g/mol. The molecule has 7 nitrogen and oxygen atoms in total. The van der Waals surface area contributed by atoms with Gasteiger partial charge in [-0.05, 0) is 49.4 Å². The third-order valence-electron chi connectivity index (χ3n) is 6.03. The number of phenolic OH excluding ortho intramolecular Hbond substituents is 1. The summed E-state index contributed by atoms with van der Waals surface area (Å²) in [6, 6.07) is 13.5. The van der Waals surface area contributed by atoms with Crippen molar-refractivity contribution >= 4 is 11.3 Å². The number of rotatable bonds is 9. The van der Waals surface area contributed by atoms with Crippen LogP contribution < -0.4 is 19.5 Å². The smallest absolute Gasteiger partial charge is 0.123 e. The zero-order valence-electron chi connectivity index (χ0n) is 17.3. The molecule has 0 radical (unpaired) electrons. The normalized spacial score (nSPS) is 22.4. The van der Waals surface area contributed by atoms with Gasteiger partial charge < -0.3 is 24.4 Å². The quantitative estimate of drug-likeness (QED) is 0.526. The minimum absolute atomic E-state index is 0.213. The Morgan fingerprint density at radius 1 is 1.13 bits per heavy atom. The fourth-order valence-corrected chi connectivity index (χ4v) is 4.56. The van der Waals surface area contributed by atoms with E-state index in [0.717, 1.165) is 42.6 Å². The minimum atomic E-state index is -2.30. The number of hydrogen-bond donors (Lipinski definition) is 3. The molecule has 0 spiro atoms. The first-order chi connectivity index (χ1) is 14.5. The van der Waals surface area contributed by atoms with E-state index in [1.807, 2.05) is 36.4 Å². The number of aromatic hydroxyl groups is 1. The van der Waals surface area contributed by atoms with Gasteiger partial charge in [0.25, 0.3) is 0 Å². The molecule has 1 aliphatic carbocycles. The van der Waals surface area contributed by atoms with E-state index >= 15 is 0 Å². The highest BCUT2D eigenvalue weighted by atomic mass is 32.2. The van der Waals surface area contributed by atoms with Crippen molar-refractivity contribution in [2.45, 2.75) is 43.7 Å². The molecule has 164 valence electrons. The molecule has 0 bridgehead atoms. The van der Waals surface area contributed by atoms with Gasteiger partial charge in [0.15, 0.2) is 0 Å². The molecule has 2 aromatic rings. The number of methoxy groups -OCH3 is 2. The fraction of sp³-hybridized carbons (Fsp3) is 0.455. The van der Waals surface area contributed by atoms with Crippen molar-refractivity contribution in [3.63, 3.8) is 0 Å². The molecule has 8 heteroatoms. The van der Waals surface area contributed by atoms with Crippen molar-refractivity contribution in [2.24, 2.45) is 0 Å². The van der Waals surface area contributed by atoms with Crippen LogP contribution in [0, 0.1) is 0 Å². The molecule has 2 aromatic carbocycles. The highest BCUT2D eigenvalue weighted by Gasteiger charge is 2.37. The molecule has 3 rings (SSSR count). The van der Waals surface area contributed by atoms with E-state index < -0.39 is 11.3 Å². The van der Waals surface area contributed by atoms with Gasteiger partial charge in [0.1, 0.15) is 17.2 Å². The summed E-state index contributed by atoms with van der Waals surface area (Å²) in [5.41, 5.74) is 1.64. The molecule has 30 heavy (non-hydrogen) atoms. The van der Waals surface area contributed by atoms with Crippen LogP contribution in [0.15, 0.2) is 42.5 Å². The second-order valence-corrected chi connectivity index (χ2v) is 8.48. The molecular formula is C22H29N2O5S-. The van der Waals surface area contributed by atoms with E-state index in [2.05, 4.69) is 10.0 Å². The molecule has 0 amide bonds. The number of benzene rings is 2. The maximum Gasteiger partial charge on any atom is 0.123 e. The van der Waals surface area contributed by atoms with Crippen LogP contribution in [-0.4, -0.2) is 40.7 Å². The van der Waals surface area contributed by atoms with Crippen LogP contribution in [0.3, 0.4) is 0 Å². The second kappa shape index (κ2) is 10.3. The first kappa shape index (κ1) is 22.6. The summed E-state index contributed by atoms with van der Waals surface area (Å²) in [5, 5.41) is 13.7. The maximum absolute atomic E-state index is 11.2. The van der Waals surface area contributed by atoms with Gasteiger partial charge in [-0.25, -0.2) is 4.72 Å². The predicted molar refractivity (Wildman–Crippen MR) is 115 cm³/mol. The molecule has 1 unspecified atom stereocenters. The predicted octanol–water partition coefficient (Wildman–Crippen LogP) is 2.76. The van der Waals surface area contributed by atoms with Crippen LogP contribution in [0.4, 0.5) is 0 Å². The molecule has 1 atom stereocenters. The molecule has 0 aromatic heterocycles. The summed E-state index contributed by atoms with van der Waals surface area (Å²) in [7, 11) is 3.20. The first-order valence-electron chi connectivity index (χ1n) is 10.0. The lowest BCUT2D eigenvalue weighted by Crippen LogP contribution is -2.45. The summed E-state index contributed by atoms with van der Waals surface area (Å²) in [6.07, 6.45) is 3.50. The van der Waals surface area contributed by atoms with Gasteiger partial charge in [0.2, 0.25) is 0 Å². The van der Waals surface area contributed by atoms with Crippen molar-refractivity contribution in [1.82, 2.24) is 10.0 Å². The highest BCUT2D eigenvalue weighted by Crippen LogP contribution is 2.40. The van der Waals surface area contributed by atoms with E-state index in [0.29, 0.717) is 24.9 Å². The molecule has 0 saturated heterocycles. The van der Waals surface area contributed by atoms with Gasteiger partial charge in [-0.3, -0.25) is 4.21 Å². The topological polar surface area (TPSA) is 103 Å². The standard InChI is InChI=1S/C22H30N2O5S/c1-28-19-5-3-4-17(12-19)22(15-24-30(26)27)10-8-18(9-11-22)23-14-16-6-7-20(29-2)13-21(16)25/h3-7,12-13,18,23-25H,8-11,14-15H2,1-2H3,(H,26,27)/p-1. The Kier molecular flexibility index (Phi) is 7.71. The summed E-state index contributed by atoms with van der Waals surface area (Å²) in [4.78, 5) is 0. The lowest BCUT2D eigenvalue weighted by atomic mass is 9.68. The number of ether oxygens (including phenoxy) is 2. The third-order valence-corrected chi connectivity index (χ3v) is 6.41. The van der Waals surface area contributed by atoms with Crippen LogP contribution in [0.5, 0.6) is 17.2 Å². The Hall–Kier alpha value is -2.13. The SMILES string of the molecule is COc1cccc(C2(CNS(=O)[O-])CCC(NCc3ccc(OC)cc3O)CC2)c1. The Bertz CT molecular complexity index is 868. The zero-order chi connectivity index (χ0) is 21.6. The molecule has 0 aliphatic heterocycles. The Balaban J connectivity index is 1.66. The van der Waals surface area contributed by atoms with E-state index in [9.17, 15) is 13.9 Å². The number of nitrogens with one attached hydrogen (secondary N) is 2. The lowest BCUT2D eigenvalue weighted by molar-refractivity contribution is 0.244. The van der Waals surface area contributed by atoms with Crippen molar-refractivity contribution < 1.29 is 23.3 Å². The van der Waals surface area contributed by atoms with Gasteiger partial charge in [-0.1, -0.05) is 18.2 Å². The summed E-state index contributed by atoms with van der Waals surface area (Å²) < 4.78 is 35.4. The summed E-state index contributed by atoms with van der Waals surface area (Å²) in [5.74, 6) is 1.61. The van der Waals surface area contributed by atoms with Crippen LogP contribution in [0.25, 0.3) is 0 Å². The lowest BCUT2D eigenvalue weighted by Gasteiger charge is -2.41. The van der Waals surface area contributed by atoms with Gasteiger partial charge in [-0.2, -0.15) is 0 Å². The van der Waals surface area contributed by atoms with Gasteiger partial charge in [0.05, 0.1) is 14.2 Å². The van der Waals surface area contributed by atoms with Crippen LogP contribution in [0.2, 0.25) is 0 Å². The van der Waals surface area contributed by atoms with E-state index in [-0.39, 0.29) is 11.2 Å². The molecule has 1 fully saturated rings. The Labute approximate surface area is 180 Å². The second-order valence-electron chi connectivity index (χ2n) is 7.72.